The lowest BCUT2D eigenvalue weighted by molar-refractivity contribution is 0.329. The first-order valence-corrected chi connectivity index (χ1v) is 7.83. The minimum Gasteiger partial charge on any atom is -0.371 e. The summed E-state index contributed by atoms with van der Waals surface area (Å²) < 4.78 is 0. The standard InChI is InChI=1S/C16H20ClN3/c17-15-9-14(6-5-12(15)10-18)20-8-2-3-13(11-20)16-4-1-7-19-16/h5-6,9,13,16,19H,1-4,7-8,11H2. The summed E-state index contributed by atoms with van der Waals surface area (Å²) in [5.41, 5.74) is 1.71. The third-order valence-electron chi connectivity index (χ3n) is 4.56. The summed E-state index contributed by atoms with van der Waals surface area (Å²) in [6, 6.07) is 8.59. The Hall–Kier alpha value is -1.24. The molecule has 2 atom stereocenters. The van der Waals surface area contributed by atoms with Crippen LogP contribution in [0.25, 0.3) is 0 Å². The summed E-state index contributed by atoms with van der Waals surface area (Å²) >= 11 is 6.15. The van der Waals surface area contributed by atoms with E-state index in [2.05, 4.69) is 16.3 Å². The third-order valence-corrected chi connectivity index (χ3v) is 4.88. The molecule has 2 heterocycles. The van der Waals surface area contributed by atoms with Gasteiger partial charge in [-0.15, -0.1) is 0 Å². The maximum atomic E-state index is 8.95. The SMILES string of the molecule is N#Cc1ccc(N2CCCC(C3CCCN3)C2)cc1Cl. The molecule has 1 aromatic carbocycles. The fraction of sp³-hybridized carbons (Fsp3) is 0.562. The number of anilines is 1. The molecule has 2 aliphatic heterocycles. The highest BCUT2D eigenvalue weighted by molar-refractivity contribution is 6.32. The Bertz CT molecular complexity index is 517. The van der Waals surface area contributed by atoms with Crippen LogP contribution in [0, 0.1) is 17.2 Å². The summed E-state index contributed by atoms with van der Waals surface area (Å²) in [6.07, 6.45) is 5.18. The van der Waals surface area contributed by atoms with Gasteiger partial charge in [0, 0.05) is 24.8 Å². The Labute approximate surface area is 125 Å². The maximum absolute atomic E-state index is 8.95. The number of hydrogen-bond acceptors (Lipinski definition) is 3. The molecule has 0 spiro atoms. The van der Waals surface area contributed by atoms with Crippen LogP contribution in [-0.2, 0) is 0 Å². The van der Waals surface area contributed by atoms with Crippen LogP contribution in [0.15, 0.2) is 18.2 Å². The average molecular weight is 290 g/mol. The van der Waals surface area contributed by atoms with Gasteiger partial charge >= 0.3 is 0 Å². The Kier molecular flexibility index (Phi) is 4.14. The van der Waals surface area contributed by atoms with Crippen LogP contribution in [0.2, 0.25) is 5.02 Å². The number of nitriles is 1. The Balaban J connectivity index is 1.73. The zero-order chi connectivity index (χ0) is 13.9. The highest BCUT2D eigenvalue weighted by Crippen LogP contribution is 2.30. The number of nitrogens with one attached hydrogen (secondary N) is 1. The Morgan fingerprint density at radius 1 is 1.30 bits per heavy atom. The quantitative estimate of drug-likeness (QED) is 0.909. The van der Waals surface area contributed by atoms with Crippen molar-refractivity contribution < 1.29 is 0 Å². The van der Waals surface area contributed by atoms with E-state index in [0.717, 1.165) is 24.7 Å². The van der Waals surface area contributed by atoms with Gasteiger partial charge in [0.25, 0.3) is 0 Å². The molecule has 2 aliphatic rings. The predicted octanol–water partition coefficient (Wildman–Crippen LogP) is 3.18. The third kappa shape index (κ3) is 2.77. The molecule has 1 aromatic rings. The Morgan fingerprint density at radius 3 is 2.90 bits per heavy atom. The molecule has 2 saturated heterocycles. The number of nitrogens with zero attached hydrogens (tertiary/aromatic N) is 2. The van der Waals surface area contributed by atoms with Gasteiger partial charge < -0.3 is 10.2 Å². The summed E-state index contributed by atoms with van der Waals surface area (Å²) in [7, 11) is 0. The molecule has 4 heteroatoms. The van der Waals surface area contributed by atoms with E-state index in [1.54, 1.807) is 0 Å². The highest BCUT2D eigenvalue weighted by atomic mass is 35.5. The fourth-order valence-electron chi connectivity index (χ4n) is 3.48. The van der Waals surface area contributed by atoms with Gasteiger partial charge in [-0.1, -0.05) is 11.6 Å². The smallest absolute Gasteiger partial charge is 0.101 e. The van der Waals surface area contributed by atoms with Crippen LogP contribution in [0.1, 0.15) is 31.2 Å². The number of benzene rings is 1. The molecule has 106 valence electrons. The predicted molar refractivity (Wildman–Crippen MR) is 82.1 cm³/mol. The molecule has 0 bridgehead atoms. The minimum absolute atomic E-state index is 0.557. The van der Waals surface area contributed by atoms with Crippen LogP contribution < -0.4 is 10.2 Å². The van der Waals surface area contributed by atoms with E-state index in [-0.39, 0.29) is 0 Å². The van der Waals surface area contributed by atoms with E-state index in [1.165, 1.54) is 32.2 Å². The van der Waals surface area contributed by atoms with Crippen molar-refractivity contribution in [1.29, 1.82) is 5.26 Å². The van der Waals surface area contributed by atoms with Crippen molar-refractivity contribution in [2.24, 2.45) is 5.92 Å². The van der Waals surface area contributed by atoms with E-state index >= 15 is 0 Å². The molecule has 0 amide bonds. The van der Waals surface area contributed by atoms with Crippen molar-refractivity contribution in [3.05, 3.63) is 28.8 Å². The van der Waals surface area contributed by atoms with E-state index in [0.29, 0.717) is 16.6 Å². The van der Waals surface area contributed by atoms with Gasteiger partial charge in [-0.25, -0.2) is 0 Å². The second-order valence-electron chi connectivity index (χ2n) is 5.83. The second-order valence-corrected chi connectivity index (χ2v) is 6.23. The van der Waals surface area contributed by atoms with Gasteiger partial charge in [0.05, 0.1) is 10.6 Å². The monoisotopic (exact) mass is 289 g/mol. The number of piperidine rings is 1. The minimum atomic E-state index is 0.557. The zero-order valence-electron chi connectivity index (χ0n) is 11.6. The lowest BCUT2D eigenvalue weighted by Gasteiger charge is -2.37. The second kappa shape index (κ2) is 6.03. The summed E-state index contributed by atoms with van der Waals surface area (Å²) in [4.78, 5) is 2.42. The van der Waals surface area contributed by atoms with Crippen LogP contribution in [0.3, 0.4) is 0 Å². The average Bonchev–Trinajstić information content (AvgIpc) is 3.01. The van der Waals surface area contributed by atoms with Gasteiger partial charge in [-0.05, 0) is 56.3 Å². The molecule has 20 heavy (non-hydrogen) atoms. The first-order valence-electron chi connectivity index (χ1n) is 7.46. The first kappa shape index (κ1) is 13.7. The number of halogens is 1. The molecule has 3 nitrogen and oxygen atoms in total. The van der Waals surface area contributed by atoms with E-state index < -0.39 is 0 Å². The lowest BCUT2D eigenvalue weighted by Crippen LogP contribution is -2.43. The molecule has 1 N–H and O–H groups in total. The summed E-state index contributed by atoms with van der Waals surface area (Å²) in [5, 5.41) is 13.1. The fourth-order valence-corrected chi connectivity index (χ4v) is 3.70. The normalized spacial score (nSPS) is 26.5. The zero-order valence-corrected chi connectivity index (χ0v) is 12.4. The van der Waals surface area contributed by atoms with Gasteiger partial charge in [0.1, 0.15) is 6.07 Å². The number of hydrogen-bond donors (Lipinski definition) is 1. The van der Waals surface area contributed by atoms with Crippen molar-refractivity contribution in [1.82, 2.24) is 5.32 Å². The van der Waals surface area contributed by atoms with Gasteiger partial charge in [0.15, 0.2) is 0 Å². The van der Waals surface area contributed by atoms with Crippen molar-refractivity contribution in [2.75, 3.05) is 24.5 Å². The first-order chi connectivity index (χ1) is 9.78. The molecule has 0 radical (unpaired) electrons. The molecular weight excluding hydrogens is 270 g/mol. The molecule has 0 aliphatic carbocycles. The topological polar surface area (TPSA) is 39.1 Å². The number of rotatable bonds is 2. The summed E-state index contributed by atoms with van der Waals surface area (Å²) in [6.45, 7) is 3.36. The largest absolute Gasteiger partial charge is 0.371 e. The highest BCUT2D eigenvalue weighted by Gasteiger charge is 2.29. The maximum Gasteiger partial charge on any atom is 0.101 e. The van der Waals surface area contributed by atoms with Crippen molar-refractivity contribution in [2.45, 2.75) is 31.7 Å². The van der Waals surface area contributed by atoms with E-state index in [9.17, 15) is 0 Å². The van der Waals surface area contributed by atoms with E-state index in [4.69, 9.17) is 16.9 Å². The van der Waals surface area contributed by atoms with Gasteiger partial charge in [-0.2, -0.15) is 5.26 Å². The van der Waals surface area contributed by atoms with Gasteiger partial charge in [-0.3, -0.25) is 0 Å². The van der Waals surface area contributed by atoms with Gasteiger partial charge in [0.2, 0.25) is 0 Å². The van der Waals surface area contributed by atoms with Crippen LogP contribution in [-0.4, -0.2) is 25.7 Å². The van der Waals surface area contributed by atoms with Crippen LogP contribution in [0.5, 0.6) is 0 Å². The molecule has 0 saturated carbocycles. The van der Waals surface area contributed by atoms with Crippen LogP contribution >= 0.6 is 11.6 Å². The van der Waals surface area contributed by atoms with Crippen molar-refractivity contribution >= 4 is 17.3 Å². The molecular formula is C16H20ClN3. The Morgan fingerprint density at radius 2 is 2.20 bits per heavy atom. The lowest BCUT2D eigenvalue weighted by atomic mass is 9.89. The van der Waals surface area contributed by atoms with Crippen molar-refractivity contribution in [3.8, 4) is 6.07 Å². The molecule has 2 unspecified atom stereocenters. The van der Waals surface area contributed by atoms with E-state index in [1.807, 2.05) is 18.2 Å². The van der Waals surface area contributed by atoms with Crippen LogP contribution in [0.4, 0.5) is 5.69 Å². The summed E-state index contributed by atoms with van der Waals surface area (Å²) in [5.74, 6) is 0.737. The van der Waals surface area contributed by atoms with Crippen molar-refractivity contribution in [3.63, 3.8) is 0 Å². The molecule has 2 fully saturated rings. The molecule has 3 rings (SSSR count). The molecule has 0 aromatic heterocycles.